The van der Waals surface area contributed by atoms with E-state index in [9.17, 15) is 0 Å². The van der Waals surface area contributed by atoms with Crippen LogP contribution in [0.1, 0.15) is 52.7 Å². The molecule has 302 valence electrons. The van der Waals surface area contributed by atoms with Crippen molar-refractivity contribution in [1.29, 1.82) is 0 Å². The van der Waals surface area contributed by atoms with Gasteiger partial charge in [0.15, 0.2) is 0 Å². The van der Waals surface area contributed by atoms with Crippen LogP contribution in [0.4, 0.5) is 51.2 Å². The minimum atomic E-state index is -0.146. The summed E-state index contributed by atoms with van der Waals surface area (Å²) in [6.45, 7) is 13.6. The predicted octanol–water partition coefficient (Wildman–Crippen LogP) is 10.9. The summed E-state index contributed by atoms with van der Waals surface area (Å²) in [5, 5.41) is 0. The maximum atomic E-state index is 7.58. The first-order valence-corrected chi connectivity index (χ1v) is 22.2. The van der Waals surface area contributed by atoms with E-state index in [1.165, 1.54) is 38.9 Å². The number of anilines is 9. The first-order valence-electron chi connectivity index (χ1n) is 22.2. The van der Waals surface area contributed by atoms with Crippen molar-refractivity contribution >= 4 is 97.4 Å². The van der Waals surface area contributed by atoms with Crippen molar-refractivity contribution in [2.45, 2.75) is 52.4 Å². The van der Waals surface area contributed by atoms with Crippen LogP contribution in [0.2, 0.25) is 0 Å². The van der Waals surface area contributed by atoms with Crippen LogP contribution in [0.3, 0.4) is 0 Å². The average Bonchev–Trinajstić information content (AvgIpc) is 3.28. The Morgan fingerprint density at radius 1 is 0.333 bits per heavy atom. The lowest BCUT2D eigenvalue weighted by atomic mass is 9.30. The first kappa shape index (κ1) is 36.5. The summed E-state index contributed by atoms with van der Waals surface area (Å²) >= 11 is 0. The van der Waals surface area contributed by atoms with Crippen molar-refractivity contribution in [3.8, 4) is 23.0 Å². The Morgan fingerprint density at radius 3 is 1.24 bits per heavy atom. The molecular weight excluding hydrogens is 768 g/mol. The van der Waals surface area contributed by atoms with E-state index in [2.05, 4.69) is 220 Å². The zero-order chi connectivity index (χ0) is 42.5. The molecule has 5 nitrogen and oxygen atoms in total. The molecule has 5 heterocycles. The maximum absolute atomic E-state index is 7.58. The smallest absolute Gasteiger partial charge is 0.261 e. The summed E-state index contributed by atoms with van der Waals surface area (Å²) in [5.41, 5.74) is 19.6. The topological polar surface area (TPSA) is 28.2 Å². The summed E-state index contributed by atoms with van der Waals surface area (Å²) in [5.74, 6) is 3.49. The van der Waals surface area contributed by atoms with E-state index in [1.807, 2.05) is 0 Å². The number of nitrogens with zero attached hydrogens (tertiary/aromatic N) is 3. The first-order chi connectivity index (χ1) is 30.5. The quantitative estimate of drug-likeness (QED) is 0.166. The second kappa shape index (κ2) is 12.7. The third-order valence-electron chi connectivity index (χ3n) is 13.9. The van der Waals surface area contributed by atoms with E-state index in [4.69, 9.17) is 9.47 Å². The molecule has 0 atom stereocenters. The Morgan fingerprint density at radius 2 is 0.746 bits per heavy atom. The molecule has 0 aromatic heterocycles. The van der Waals surface area contributed by atoms with Gasteiger partial charge >= 0.3 is 0 Å². The fourth-order valence-electron chi connectivity index (χ4n) is 11.0. The van der Waals surface area contributed by atoms with Crippen molar-refractivity contribution < 1.29 is 9.47 Å². The van der Waals surface area contributed by atoms with E-state index in [-0.39, 0.29) is 24.3 Å². The van der Waals surface area contributed by atoms with Gasteiger partial charge in [0.2, 0.25) is 0 Å². The van der Waals surface area contributed by atoms with E-state index < -0.39 is 0 Å². The van der Waals surface area contributed by atoms with Gasteiger partial charge in [-0.2, -0.15) is 0 Å². The van der Waals surface area contributed by atoms with Crippen LogP contribution in [0.25, 0.3) is 0 Å². The molecule has 7 heteroatoms. The Labute approximate surface area is 370 Å². The number of ether oxygens (including phenoxy) is 2. The molecule has 0 spiro atoms. The lowest BCUT2D eigenvalue weighted by molar-refractivity contribution is 0.482. The molecule has 13 rings (SSSR count). The minimum Gasteiger partial charge on any atom is -0.458 e. The molecule has 5 aliphatic heterocycles. The van der Waals surface area contributed by atoms with Crippen molar-refractivity contribution in [2.75, 3.05) is 14.7 Å². The van der Waals surface area contributed by atoms with Crippen LogP contribution in [-0.2, 0) is 10.8 Å². The highest BCUT2D eigenvalue weighted by atomic mass is 16.5. The molecule has 0 unspecified atom stereocenters. The Hall–Kier alpha value is -7.11. The number of hydrogen-bond acceptors (Lipinski definition) is 5. The molecule has 0 N–H and O–H groups in total. The van der Waals surface area contributed by atoms with Crippen molar-refractivity contribution in [3.63, 3.8) is 0 Å². The molecule has 0 aliphatic carbocycles. The monoisotopic (exact) mass is 813 g/mol. The van der Waals surface area contributed by atoms with Gasteiger partial charge in [-0.15, -0.1) is 0 Å². The summed E-state index contributed by atoms with van der Waals surface area (Å²) in [7, 11) is 0. The summed E-state index contributed by atoms with van der Waals surface area (Å²) < 4.78 is 15.0. The lowest BCUT2D eigenvalue weighted by Gasteiger charge is -2.47. The molecule has 2 bridgehead atoms. The highest BCUT2D eigenvalue weighted by Gasteiger charge is 2.50. The molecule has 8 aromatic carbocycles. The Bertz CT molecular complexity index is 3230. The standard InChI is InChI=1S/C56H45B2N3O2/c1-55(2,3)34-28-44-51-45(29-34)61(38-22-14-9-15-23-38)43-33-49-40-32-39(43)57(51)52-41(59(44)36-18-10-7-11-19-36)24-16-26-47(52)62-48-27-17-25-42-53(48)58(40)54-46(60(42)37-20-12-8-13-21-37)30-35(56(4,5)6)31-50(54)63-49/h7-33H,1-6H3. The van der Waals surface area contributed by atoms with Crippen LogP contribution in [0, 0.1) is 0 Å². The van der Waals surface area contributed by atoms with Gasteiger partial charge < -0.3 is 24.2 Å². The second-order valence-electron chi connectivity index (χ2n) is 19.7. The molecule has 0 fully saturated rings. The molecular formula is C56H45B2N3O2. The van der Waals surface area contributed by atoms with Gasteiger partial charge in [0.25, 0.3) is 13.4 Å². The van der Waals surface area contributed by atoms with E-state index in [0.717, 1.165) is 79.2 Å². The van der Waals surface area contributed by atoms with Gasteiger partial charge in [-0.05, 0) is 140 Å². The van der Waals surface area contributed by atoms with Gasteiger partial charge in [0, 0.05) is 57.3 Å². The van der Waals surface area contributed by atoms with E-state index in [1.54, 1.807) is 0 Å². The van der Waals surface area contributed by atoms with Crippen molar-refractivity contribution in [2.24, 2.45) is 0 Å². The average molecular weight is 814 g/mol. The highest BCUT2D eigenvalue weighted by Crippen LogP contribution is 2.50. The highest BCUT2D eigenvalue weighted by molar-refractivity contribution is 7.03. The second-order valence-corrected chi connectivity index (χ2v) is 19.7. The van der Waals surface area contributed by atoms with Crippen LogP contribution in [0.5, 0.6) is 23.0 Å². The van der Waals surface area contributed by atoms with Gasteiger partial charge in [0.05, 0.1) is 0 Å². The summed E-state index contributed by atoms with van der Waals surface area (Å²) in [6.07, 6.45) is 0. The molecule has 8 aromatic rings. The molecule has 0 saturated carbocycles. The largest absolute Gasteiger partial charge is 0.458 e. The molecule has 0 saturated heterocycles. The molecule has 0 amide bonds. The third-order valence-corrected chi connectivity index (χ3v) is 13.9. The SMILES string of the molecule is CC(C)(C)c1cc2c3c(c1)N(c1ccccc1)c1cccc4c1B3c1cc3c(cc1O2)N(c1ccccc1)c1cc(C(C)(C)C)cc2c1B3c1c(cccc1N2c1ccccc1)O4. The molecule has 5 aliphatic rings. The number of hydrogen-bond donors (Lipinski definition) is 0. The number of para-hydroxylation sites is 3. The van der Waals surface area contributed by atoms with E-state index >= 15 is 0 Å². The third kappa shape index (κ3) is 5.14. The fourth-order valence-corrected chi connectivity index (χ4v) is 11.0. The Kier molecular flexibility index (Phi) is 7.38. The predicted molar refractivity (Wildman–Crippen MR) is 264 cm³/mol. The van der Waals surface area contributed by atoms with Crippen molar-refractivity contribution in [3.05, 3.63) is 175 Å². The van der Waals surface area contributed by atoms with Crippen LogP contribution in [0.15, 0.2) is 164 Å². The molecule has 63 heavy (non-hydrogen) atoms. The maximum Gasteiger partial charge on any atom is 0.261 e. The van der Waals surface area contributed by atoms with Crippen LogP contribution in [-0.4, -0.2) is 13.4 Å². The number of rotatable bonds is 3. The van der Waals surface area contributed by atoms with Gasteiger partial charge in [-0.1, -0.05) is 114 Å². The minimum absolute atomic E-state index is 0.124. The molecule has 0 radical (unpaired) electrons. The van der Waals surface area contributed by atoms with Crippen LogP contribution < -0.4 is 57.0 Å². The van der Waals surface area contributed by atoms with Crippen LogP contribution >= 0.6 is 0 Å². The van der Waals surface area contributed by atoms with Gasteiger partial charge in [0.1, 0.15) is 23.0 Å². The number of benzene rings is 8. The van der Waals surface area contributed by atoms with E-state index in [0.29, 0.717) is 0 Å². The summed E-state index contributed by atoms with van der Waals surface area (Å²) in [4.78, 5) is 7.40. The van der Waals surface area contributed by atoms with Crippen molar-refractivity contribution in [1.82, 2.24) is 0 Å². The summed E-state index contributed by atoms with van der Waals surface area (Å²) in [6, 6.07) is 60.2. The Balaban J connectivity index is 1.19. The normalized spacial score (nSPS) is 14.6. The zero-order valence-corrected chi connectivity index (χ0v) is 36.4. The van der Waals surface area contributed by atoms with Gasteiger partial charge in [-0.25, -0.2) is 0 Å². The zero-order valence-electron chi connectivity index (χ0n) is 36.4. The van der Waals surface area contributed by atoms with Gasteiger partial charge in [-0.3, -0.25) is 0 Å². The fraction of sp³-hybridized carbons (Fsp3) is 0.143. The lowest BCUT2D eigenvalue weighted by Crippen LogP contribution is -2.65.